The molecule has 3 nitrogen and oxygen atoms in total. The molecule has 2 N–H and O–H groups in total. The van der Waals surface area contributed by atoms with Gasteiger partial charge in [0.2, 0.25) is 0 Å². The molecule has 0 aromatic carbocycles. The first-order valence-electron chi connectivity index (χ1n) is 7.25. The molecule has 0 amide bonds. The SMILES string of the molecule is CSC(C)CCNCC(O)COC1CCCCC1. The molecule has 0 aromatic heterocycles. The number of aliphatic hydroxyl groups is 1. The number of rotatable bonds is 9. The zero-order chi connectivity index (χ0) is 13.2. The topological polar surface area (TPSA) is 41.5 Å². The summed E-state index contributed by atoms with van der Waals surface area (Å²) in [6, 6.07) is 0. The first-order valence-corrected chi connectivity index (χ1v) is 8.54. The second-order valence-electron chi connectivity index (χ2n) is 5.29. The number of nitrogens with one attached hydrogen (secondary N) is 1. The van der Waals surface area contributed by atoms with Crippen molar-refractivity contribution in [1.82, 2.24) is 5.32 Å². The van der Waals surface area contributed by atoms with Crippen molar-refractivity contribution in [2.45, 2.75) is 62.9 Å². The largest absolute Gasteiger partial charge is 0.389 e. The summed E-state index contributed by atoms with van der Waals surface area (Å²) in [5.41, 5.74) is 0. The monoisotopic (exact) mass is 275 g/mol. The van der Waals surface area contributed by atoms with Gasteiger partial charge >= 0.3 is 0 Å². The van der Waals surface area contributed by atoms with Crippen molar-refractivity contribution in [3.8, 4) is 0 Å². The third-order valence-electron chi connectivity index (χ3n) is 3.59. The summed E-state index contributed by atoms with van der Waals surface area (Å²) in [4.78, 5) is 0. The minimum atomic E-state index is -0.364. The number of aliphatic hydroxyl groups excluding tert-OH is 1. The molecule has 18 heavy (non-hydrogen) atoms. The van der Waals surface area contributed by atoms with E-state index in [1.54, 1.807) is 0 Å². The van der Waals surface area contributed by atoms with E-state index in [0.29, 0.717) is 24.5 Å². The maximum absolute atomic E-state index is 9.81. The molecule has 0 radical (unpaired) electrons. The van der Waals surface area contributed by atoms with Gasteiger partial charge in [0.05, 0.1) is 18.8 Å². The average Bonchev–Trinajstić information content (AvgIpc) is 2.42. The van der Waals surface area contributed by atoms with E-state index in [-0.39, 0.29) is 6.10 Å². The molecule has 0 spiro atoms. The average molecular weight is 275 g/mol. The highest BCUT2D eigenvalue weighted by Crippen LogP contribution is 2.20. The molecule has 1 rings (SSSR count). The minimum absolute atomic E-state index is 0.364. The number of hydrogen-bond donors (Lipinski definition) is 2. The Bertz CT molecular complexity index is 198. The van der Waals surface area contributed by atoms with Crippen molar-refractivity contribution in [2.75, 3.05) is 26.0 Å². The Labute approximate surface area is 116 Å². The molecule has 0 heterocycles. The predicted octanol–water partition coefficient (Wildman–Crippen LogP) is 2.43. The van der Waals surface area contributed by atoms with E-state index in [1.807, 2.05) is 11.8 Å². The second-order valence-corrected chi connectivity index (χ2v) is 6.56. The van der Waals surface area contributed by atoms with Gasteiger partial charge in [0.1, 0.15) is 0 Å². The molecule has 0 bridgehead atoms. The molecular weight excluding hydrogens is 246 g/mol. The maximum atomic E-state index is 9.81. The molecule has 4 heteroatoms. The van der Waals surface area contributed by atoms with Crippen LogP contribution in [0.5, 0.6) is 0 Å². The van der Waals surface area contributed by atoms with Gasteiger partial charge in [-0.15, -0.1) is 0 Å². The van der Waals surface area contributed by atoms with Crippen molar-refractivity contribution in [3.05, 3.63) is 0 Å². The van der Waals surface area contributed by atoms with Crippen LogP contribution in [0.25, 0.3) is 0 Å². The normalized spacial score (nSPS) is 20.8. The summed E-state index contributed by atoms with van der Waals surface area (Å²) in [5, 5.41) is 13.8. The minimum Gasteiger partial charge on any atom is -0.389 e. The van der Waals surface area contributed by atoms with Crippen molar-refractivity contribution in [2.24, 2.45) is 0 Å². The van der Waals surface area contributed by atoms with Crippen LogP contribution in [0.3, 0.4) is 0 Å². The maximum Gasteiger partial charge on any atom is 0.0897 e. The van der Waals surface area contributed by atoms with Crippen LogP contribution < -0.4 is 5.32 Å². The molecule has 0 aromatic rings. The summed E-state index contributed by atoms with van der Waals surface area (Å²) in [5.74, 6) is 0. The molecule has 2 unspecified atom stereocenters. The summed E-state index contributed by atoms with van der Waals surface area (Å²) in [7, 11) is 0. The van der Waals surface area contributed by atoms with Gasteiger partial charge in [-0.2, -0.15) is 11.8 Å². The first kappa shape index (κ1) is 16.3. The molecule has 2 atom stereocenters. The fraction of sp³-hybridized carbons (Fsp3) is 1.00. The fourth-order valence-corrected chi connectivity index (χ4v) is 2.58. The molecule has 108 valence electrons. The zero-order valence-corrected chi connectivity index (χ0v) is 12.7. The summed E-state index contributed by atoms with van der Waals surface area (Å²) >= 11 is 1.89. The van der Waals surface area contributed by atoms with Crippen LogP contribution >= 0.6 is 11.8 Å². The lowest BCUT2D eigenvalue weighted by Crippen LogP contribution is -2.33. The molecule has 0 saturated heterocycles. The number of ether oxygens (including phenoxy) is 1. The van der Waals surface area contributed by atoms with Gasteiger partial charge in [-0.1, -0.05) is 26.2 Å². The smallest absolute Gasteiger partial charge is 0.0897 e. The van der Waals surface area contributed by atoms with E-state index in [0.717, 1.165) is 13.0 Å². The third kappa shape index (κ3) is 7.62. The zero-order valence-electron chi connectivity index (χ0n) is 11.9. The summed E-state index contributed by atoms with van der Waals surface area (Å²) < 4.78 is 5.75. The third-order valence-corrected chi connectivity index (χ3v) is 4.63. The van der Waals surface area contributed by atoms with E-state index in [9.17, 15) is 5.11 Å². The van der Waals surface area contributed by atoms with Crippen LogP contribution in [-0.4, -0.2) is 48.5 Å². The molecule has 0 aliphatic heterocycles. The lowest BCUT2D eigenvalue weighted by atomic mass is 9.98. The number of thioether (sulfide) groups is 1. The van der Waals surface area contributed by atoms with E-state index in [4.69, 9.17) is 4.74 Å². The van der Waals surface area contributed by atoms with Crippen molar-refractivity contribution < 1.29 is 9.84 Å². The van der Waals surface area contributed by atoms with Crippen LogP contribution in [0.4, 0.5) is 0 Å². The van der Waals surface area contributed by atoms with Gasteiger partial charge < -0.3 is 15.2 Å². The van der Waals surface area contributed by atoms with Crippen LogP contribution in [0.2, 0.25) is 0 Å². The molecule has 1 saturated carbocycles. The first-order chi connectivity index (χ1) is 8.72. The standard InChI is InChI=1S/C14H29NO2S/c1-12(18-2)8-9-15-10-13(16)11-17-14-6-4-3-5-7-14/h12-16H,3-11H2,1-2H3. The van der Waals surface area contributed by atoms with Crippen molar-refractivity contribution in [3.63, 3.8) is 0 Å². The van der Waals surface area contributed by atoms with Crippen molar-refractivity contribution >= 4 is 11.8 Å². The van der Waals surface area contributed by atoms with E-state index < -0.39 is 0 Å². The van der Waals surface area contributed by atoms with Crippen LogP contribution in [-0.2, 0) is 4.74 Å². The van der Waals surface area contributed by atoms with Gasteiger partial charge in [0.15, 0.2) is 0 Å². The Balaban J connectivity index is 1.94. The quantitative estimate of drug-likeness (QED) is 0.634. The second kappa shape index (κ2) is 10.1. The molecular formula is C14H29NO2S. The fourth-order valence-electron chi connectivity index (χ4n) is 2.23. The van der Waals surface area contributed by atoms with Crippen LogP contribution in [0, 0.1) is 0 Å². The van der Waals surface area contributed by atoms with Gasteiger partial charge in [-0.05, 0) is 32.1 Å². The van der Waals surface area contributed by atoms with Gasteiger partial charge in [0.25, 0.3) is 0 Å². The molecule has 1 aliphatic carbocycles. The lowest BCUT2D eigenvalue weighted by Gasteiger charge is -2.23. The van der Waals surface area contributed by atoms with Crippen molar-refractivity contribution in [1.29, 1.82) is 0 Å². The summed E-state index contributed by atoms with van der Waals surface area (Å²) in [6.07, 6.45) is 9.57. The van der Waals surface area contributed by atoms with Gasteiger partial charge in [0, 0.05) is 11.8 Å². The van der Waals surface area contributed by atoms with E-state index in [1.165, 1.54) is 32.1 Å². The Kier molecular flexibility index (Phi) is 9.11. The molecule has 1 fully saturated rings. The number of hydrogen-bond acceptors (Lipinski definition) is 4. The van der Waals surface area contributed by atoms with Gasteiger partial charge in [-0.25, -0.2) is 0 Å². The predicted molar refractivity (Wildman–Crippen MR) is 79.3 cm³/mol. The van der Waals surface area contributed by atoms with Gasteiger partial charge in [-0.3, -0.25) is 0 Å². The van der Waals surface area contributed by atoms with Crippen LogP contribution in [0.15, 0.2) is 0 Å². The Morgan fingerprint density at radius 2 is 2.06 bits per heavy atom. The van der Waals surface area contributed by atoms with E-state index >= 15 is 0 Å². The summed E-state index contributed by atoms with van der Waals surface area (Å²) in [6.45, 7) is 4.33. The van der Waals surface area contributed by atoms with E-state index in [2.05, 4.69) is 18.5 Å². The van der Waals surface area contributed by atoms with Crippen LogP contribution in [0.1, 0.15) is 45.4 Å². The highest BCUT2D eigenvalue weighted by atomic mass is 32.2. The highest BCUT2D eigenvalue weighted by Gasteiger charge is 2.15. The Hall–Kier alpha value is 0.230. The highest BCUT2D eigenvalue weighted by molar-refractivity contribution is 7.99. The lowest BCUT2D eigenvalue weighted by molar-refractivity contribution is -0.0229. The Morgan fingerprint density at radius 3 is 2.72 bits per heavy atom. The molecule has 1 aliphatic rings. The Morgan fingerprint density at radius 1 is 1.33 bits per heavy atom.